The van der Waals surface area contributed by atoms with Gasteiger partial charge in [0.15, 0.2) is 0 Å². The van der Waals surface area contributed by atoms with Gasteiger partial charge in [0.2, 0.25) is 0 Å². The van der Waals surface area contributed by atoms with Gasteiger partial charge in [0.05, 0.1) is 13.1 Å². The van der Waals surface area contributed by atoms with Crippen LogP contribution in [0.5, 0.6) is 0 Å². The highest BCUT2D eigenvalue weighted by molar-refractivity contribution is 9.12. The summed E-state index contributed by atoms with van der Waals surface area (Å²) in [4.78, 5) is 0. The molecule has 1 aromatic heterocycles. The maximum Gasteiger partial charge on any atom is 0.460 e. The van der Waals surface area contributed by atoms with Gasteiger partial charge in [-0.3, -0.25) is 0 Å². The van der Waals surface area contributed by atoms with E-state index in [0.717, 1.165) is 0 Å². The molecule has 170 valence electrons. The Hall–Kier alpha value is -0.390. The highest BCUT2D eigenvalue weighted by atomic mass is 79.9. The second kappa shape index (κ2) is 7.06. The molecule has 0 radical (unpaired) electrons. The highest BCUT2D eigenvalue weighted by Crippen LogP contribution is 2.64. The molecule has 1 rings (SSSR count). The smallest absolute Gasteiger partial charge is 0.194 e. The van der Waals surface area contributed by atoms with Gasteiger partial charge in [0.25, 0.3) is 0 Å². The summed E-state index contributed by atoms with van der Waals surface area (Å²) in [6.07, 6.45) is -7.62. The minimum Gasteiger partial charge on any atom is -0.194 e. The Morgan fingerprint density at radius 1 is 0.552 bits per heavy atom. The van der Waals surface area contributed by atoms with Crippen molar-refractivity contribution in [3.63, 3.8) is 0 Å². The van der Waals surface area contributed by atoms with Crippen LogP contribution in [0.15, 0.2) is 13.6 Å². The third-order valence-electron chi connectivity index (χ3n) is 3.32. The molecule has 0 fully saturated rings. The Bertz CT molecular complexity index is 763. The molecule has 18 heteroatoms. The van der Waals surface area contributed by atoms with E-state index in [1.807, 2.05) is 0 Å². The minimum absolute atomic E-state index is 0.0145. The molecule has 0 aliphatic heterocycles. The number of thiophene rings is 1. The van der Waals surface area contributed by atoms with E-state index in [0.29, 0.717) is 0 Å². The predicted octanol–water partition coefficient (Wildman–Crippen LogP) is 8.10. The third kappa shape index (κ3) is 3.53. The summed E-state index contributed by atoms with van der Waals surface area (Å²) in [5, 5.41) is 0. The molecule has 0 amide bonds. The Labute approximate surface area is 170 Å². The molecule has 0 saturated carbocycles. The van der Waals surface area contributed by atoms with E-state index >= 15 is 0 Å². The highest BCUT2D eigenvalue weighted by Gasteiger charge is 2.93. The monoisotopic (exact) mass is 608 g/mol. The summed E-state index contributed by atoms with van der Waals surface area (Å²) < 4.78 is 195. The standard InChI is InChI=1S/C11HBr2F15S/c12-3-1-2(4(13)29-3)5(14,15)6(16,17)7(18,19)8(20,21)9(22,23)10(24,25)11(26,27)28/h1H. The number of hydrogen-bond donors (Lipinski definition) is 0. The van der Waals surface area contributed by atoms with Crippen molar-refractivity contribution in [2.45, 2.75) is 41.7 Å². The summed E-state index contributed by atoms with van der Waals surface area (Å²) in [5.41, 5.74) is -2.15. The van der Waals surface area contributed by atoms with E-state index in [1.54, 1.807) is 0 Å². The van der Waals surface area contributed by atoms with Gasteiger partial charge in [-0.2, -0.15) is 65.9 Å². The molecule has 0 aromatic carbocycles. The van der Waals surface area contributed by atoms with Crippen molar-refractivity contribution in [3.05, 3.63) is 19.2 Å². The maximum absolute atomic E-state index is 13.9. The molecule has 0 spiro atoms. The van der Waals surface area contributed by atoms with E-state index in [2.05, 4.69) is 31.9 Å². The fourth-order valence-corrected chi connectivity index (χ4v) is 4.59. The molecule has 29 heavy (non-hydrogen) atoms. The molecule has 0 N–H and O–H groups in total. The molecule has 0 aliphatic rings. The zero-order valence-corrected chi connectivity index (χ0v) is 16.4. The van der Waals surface area contributed by atoms with E-state index in [-0.39, 0.29) is 17.4 Å². The third-order valence-corrected chi connectivity index (χ3v) is 5.66. The fourth-order valence-electron chi connectivity index (χ4n) is 1.69. The molecule has 0 nitrogen and oxygen atoms in total. The van der Waals surface area contributed by atoms with E-state index in [1.165, 1.54) is 0 Å². The lowest BCUT2D eigenvalue weighted by Crippen LogP contribution is -2.72. The molecule has 1 aromatic rings. The largest absolute Gasteiger partial charge is 0.460 e. The van der Waals surface area contributed by atoms with Crippen molar-refractivity contribution in [1.29, 1.82) is 0 Å². The fraction of sp³-hybridized carbons (Fsp3) is 0.636. The van der Waals surface area contributed by atoms with Gasteiger partial charge in [-0.15, -0.1) is 11.3 Å². The molecule has 0 aliphatic carbocycles. The minimum atomic E-state index is -8.29. The summed E-state index contributed by atoms with van der Waals surface area (Å²) in [7, 11) is 0. The first-order chi connectivity index (χ1) is 12.4. The zero-order chi connectivity index (χ0) is 23.6. The lowest BCUT2D eigenvalue weighted by Gasteiger charge is -2.41. The molecule has 0 atom stereocenters. The van der Waals surface area contributed by atoms with Gasteiger partial charge in [-0.05, 0) is 37.9 Å². The van der Waals surface area contributed by atoms with Crippen molar-refractivity contribution in [2.24, 2.45) is 0 Å². The molecule has 0 bridgehead atoms. The number of rotatable bonds is 6. The van der Waals surface area contributed by atoms with Crippen LogP contribution in [0.2, 0.25) is 0 Å². The Kier molecular flexibility index (Phi) is 6.49. The van der Waals surface area contributed by atoms with Crippen LogP contribution in [-0.4, -0.2) is 35.8 Å². The summed E-state index contributed by atoms with van der Waals surface area (Å²) in [5.74, 6) is -46.6. The average molecular weight is 610 g/mol. The van der Waals surface area contributed by atoms with Gasteiger partial charge >= 0.3 is 41.7 Å². The zero-order valence-electron chi connectivity index (χ0n) is 12.4. The SMILES string of the molecule is FC(F)(F)C(F)(F)C(F)(F)C(F)(F)C(F)(F)C(F)(F)C(F)(F)c1cc(Br)sc1Br. The van der Waals surface area contributed by atoms with E-state index < -0.39 is 54.8 Å². The molecular weight excluding hydrogens is 609 g/mol. The van der Waals surface area contributed by atoms with Crippen LogP contribution in [-0.2, 0) is 5.92 Å². The second-order valence-corrected chi connectivity index (χ2v) is 8.93. The Morgan fingerprint density at radius 2 is 0.897 bits per heavy atom. The average Bonchev–Trinajstić information content (AvgIpc) is 2.84. The lowest BCUT2D eigenvalue weighted by atomic mass is 9.89. The van der Waals surface area contributed by atoms with Crippen LogP contribution in [0, 0.1) is 0 Å². The maximum atomic E-state index is 13.9. The first-order valence-electron chi connectivity index (χ1n) is 6.20. The van der Waals surface area contributed by atoms with Crippen molar-refractivity contribution < 1.29 is 65.9 Å². The predicted molar refractivity (Wildman–Crippen MR) is 74.4 cm³/mol. The van der Waals surface area contributed by atoms with Gasteiger partial charge in [0, 0.05) is 0 Å². The van der Waals surface area contributed by atoms with Gasteiger partial charge in [-0.25, -0.2) is 0 Å². The summed E-state index contributed by atoms with van der Waals surface area (Å²) in [6.45, 7) is 0. The van der Waals surface area contributed by atoms with Crippen LogP contribution in [0.1, 0.15) is 5.56 Å². The van der Waals surface area contributed by atoms with Crippen LogP contribution in [0.3, 0.4) is 0 Å². The second-order valence-electron chi connectivity index (χ2n) is 5.18. The lowest BCUT2D eigenvalue weighted by molar-refractivity contribution is -0.453. The van der Waals surface area contributed by atoms with Crippen molar-refractivity contribution in [2.75, 3.05) is 0 Å². The van der Waals surface area contributed by atoms with Crippen LogP contribution >= 0.6 is 43.2 Å². The van der Waals surface area contributed by atoms with Crippen LogP contribution in [0.4, 0.5) is 65.9 Å². The first-order valence-corrected chi connectivity index (χ1v) is 8.60. The topological polar surface area (TPSA) is 0 Å². The van der Waals surface area contributed by atoms with Gasteiger partial charge in [-0.1, -0.05) is 0 Å². The first kappa shape index (κ1) is 26.6. The van der Waals surface area contributed by atoms with Gasteiger partial charge < -0.3 is 0 Å². The van der Waals surface area contributed by atoms with Crippen LogP contribution < -0.4 is 0 Å². The molecule has 0 saturated heterocycles. The van der Waals surface area contributed by atoms with Crippen molar-refractivity contribution in [1.82, 2.24) is 0 Å². The molecule has 1 heterocycles. The Morgan fingerprint density at radius 3 is 1.21 bits per heavy atom. The van der Waals surface area contributed by atoms with Crippen molar-refractivity contribution >= 4 is 43.2 Å². The summed E-state index contributed by atoms with van der Waals surface area (Å²) >= 11 is 4.74. The molecule has 0 unspecified atom stereocenters. The van der Waals surface area contributed by atoms with Crippen molar-refractivity contribution in [3.8, 4) is 0 Å². The quantitative estimate of drug-likeness (QED) is 0.286. The number of hydrogen-bond acceptors (Lipinski definition) is 1. The molecular formula is C11HBr2F15S. The normalized spacial score (nSPS) is 15.8. The van der Waals surface area contributed by atoms with Crippen LogP contribution in [0.25, 0.3) is 0 Å². The number of alkyl halides is 15. The van der Waals surface area contributed by atoms with E-state index in [9.17, 15) is 65.9 Å². The number of halogens is 17. The van der Waals surface area contributed by atoms with Gasteiger partial charge in [0.1, 0.15) is 0 Å². The van der Waals surface area contributed by atoms with E-state index in [4.69, 9.17) is 0 Å². The Balaban J connectivity index is 3.68. The summed E-state index contributed by atoms with van der Waals surface area (Å²) in [6, 6.07) is -0.0145.